The number of nitrogens with zero attached hydrogens (tertiary/aromatic N) is 8. The van der Waals surface area contributed by atoms with Crippen LogP contribution in [0.4, 0.5) is 28.4 Å². The van der Waals surface area contributed by atoms with E-state index in [0.717, 1.165) is 77.9 Å². The molecule has 0 bridgehead atoms. The molecule has 6 aromatic rings. The quantitative estimate of drug-likeness (QED) is 0.0523. The number of pyridine rings is 2. The largest absolute Gasteiger partial charge is 0.466 e. The Bertz CT molecular complexity index is 2960. The fraction of sp³-hybridized carbons (Fsp3) is 0.294. The van der Waals surface area contributed by atoms with Crippen molar-refractivity contribution in [3.63, 3.8) is 0 Å². The molecule has 2 aliphatic heterocycles. The van der Waals surface area contributed by atoms with Gasteiger partial charge in [0.2, 0.25) is 20.0 Å². The number of ether oxygens (including phenoxy) is 1. The summed E-state index contributed by atoms with van der Waals surface area (Å²) in [6, 6.07) is 33.2. The third kappa shape index (κ3) is 15.7. The molecule has 388 valence electrons. The maximum Gasteiger partial charge on any atom is 0.293 e. The molecule has 0 radical (unpaired) electrons. The lowest BCUT2D eigenvalue weighted by atomic mass is 10.1. The molecule has 0 unspecified atom stereocenters. The van der Waals surface area contributed by atoms with Gasteiger partial charge in [0.05, 0.1) is 20.1 Å². The second-order valence-electron chi connectivity index (χ2n) is 16.8. The number of ketones is 1. The Hall–Kier alpha value is -5.70. The summed E-state index contributed by atoms with van der Waals surface area (Å²) in [5, 5.41) is 0.287. The third-order valence-corrected chi connectivity index (χ3v) is 17.7. The monoisotopic (exact) mass is 1110 g/mol. The number of sulfonamides is 2. The molecule has 2 aliphatic rings. The lowest BCUT2D eigenvalue weighted by Gasteiger charge is -2.37. The molecule has 2 fully saturated rings. The van der Waals surface area contributed by atoms with E-state index in [9.17, 15) is 26.4 Å². The third-order valence-electron chi connectivity index (χ3n) is 12.1. The Kier molecular flexibility index (Phi) is 20.9. The Morgan fingerprint density at radius 2 is 0.945 bits per heavy atom. The number of nitrogen functional groups attached to an aromatic ring is 1. The first-order valence-electron chi connectivity index (χ1n) is 23.1. The van der Waals surface area contributed by atoms with Crippen molar-refractivity contribution in [2.24, 2.45) is 0 Å². The van der Waals surface area contributed by atoms with Crippen molar-refractivity contribution in [3.05, 3.63) is 160 Å². The van der Waals surface area contributed by atoms with Crippen molar-refractivity contribution < 1.29 is 31.2 Å². The number of likely N-dealkylation sites (N-methyl/N-ethyl adjacent to an activating group) is 1. The standard InChI is InChI=1S/C26H28Cl2N4O3S.C15H18N4.C10H11Cl2NO4S/c1-30(36(34,35)25-4-2-3-24(27)26(25)28)14-11-23(33)19-20-5-7-21(8-6-20)31-15-17-32(18-16-31)22-9-12-29-13-10-22;16-13-1-3-14(4-2-13)18-9-11-19(12-10-18)15-5-7-17-8-6-15;1-13(5-6-17-7-14)18(15,16)9-4-2-3-8(11)10(9)12/h2-10,12-13H,11,14-19H2,1H3;1-8H,9-12,16H2;2-4,7H,5-6H2,1H3. The molecule has 0 spiro atoms. The van der Waals surface area contributed by atoms with Crippen molar-refractivity contribution in [3.8, 4) is 0 Å². The van der Waals surface area contributed by atoms with E-state index in [1.807, 2.05) is 73.3 Å². The van der Waals surface area contributed by atoms with Crippen LogP contribution in [0, 0.1) is 0 Å². The van der Waals surface area contributed by atoms with Gasteiger partial charge in [-0.25, -0.2) is 21.1 Å². The second-order valence-corrected chi connectivity index (χ2v) is 22.4. The molecule has 4 heterocycles. The SMILES string of the molecule is CN(CCC(=O)Cc1ccc(N2CCN(c3ccncc3)CC2)cc1)S(=O)(=O)c1cccc(Cl)c1Cl.CN(CCOC=O)S(=O)(=O)c1cccc(Cl)c1Cl.Nc1ccc(N2CCN(c3ccncc3)CC2)cc1. The molecule has 2 saturated heterocycles. The summed E-state index contributed by atoms with van der Waals surface area (Å²) in [7, 11) is -4.80. The highest BCUT2D eigenvalue weighted by molar-refractivity contribution is 7.89. The van der Waals surface area contributed by atoms with E-state index in [0.29, 0.717) is 0 Å². The summed E-state index contributed by atoms with van der Waals surface area (Å²) in [5.41, 5.74) is 12.3. The van der Waals surface area contributed by atoms with Gasteiger partial charge >= 0.3 is 0 Å². The summed E-state index contributed by atoms with van der Waals surface area (Å²) >= 11 is 23.7. The van der Waals surface area contributed by atoms with Gasteiger partial charge in [0, 0.05) is 146 Å². The zero-order valence-electron chi connectivity index (χ0n) is 40.3. The van der Waals surface area contributed by atoms with Crippen molar-refractivity contribution in [1.29, 1.82) is 0 Å². The predicted molar refractivity (Wildman–Crippen MR) is 293 cm³/mol. The highest BCUT2D eigenvalue weighted by atomic mass is 35.5. The van der Waals surface area contributed by atoms with Gasteiger partial charge in [-0.2, -0.15) is 4.31 Å². The number of Topliss-reactive ketones (excluding diaryl/α,β-unsaturated/α-hetero) is 1. The minimum Gasteiger partial charge on any atom is -0.466 e. The molecule has 8 rings (SSSR count). The molecule has 2 N–H and O–H groups in total. The van der Waals surface area contributed by atoms with E-state index >= 15 is 0 Å². The van der Waals surface area contributed by atoms with Gasteiger partial charge in [-0.3, -0.25) is 19.6 Å². The minimum atomic E-state index is -3.85. The summed E-state index contributed by atoms with van der Waals surface area (Å²) in [4.78, 5) is 40.0. The Labute approximate surface area is 447 Å². The van der Waals surface area contributed by atoms with Gasteiger partial charge in [0.15, 0.2) is 0 Å². The molecule has 0 amide bonds. The number of carbonyl (C=O) groups is 2. The highest BCUT2D eigenvalue weighted by Crippen LogP contribution is 2.32. The average molecular weight is 1110 g/mol. The smallest absolute Gasteiger partial charge is 0.293 e. The number of piperazine rings is 2. The fourth-order valence-electron chi connectivity index (χ4n) is 7.84. The van der Waals surface area contributed by atoms with E-state index in [4.69, 9.17) is 52.1 Å². The van der Waals surface area contributed by atoms with Crippen LogP contribution in [-0.4, -0.2) is 134 Å². The maximum atomic E-state index is 12.8. The number of hydrogen-bond donors (Lipinski definition) is 1. The first kappa shape index (κ1) is 56.6. The maximum absolute atomic E-state index is 12.8. The van der Waals surface area contributed by atoms with Crippen molar-refractivity contribution in [2.75, 3.05) is 111 Å². The van der Waals surface area contributed by atoms with Crippen molar-refractivity contribution in [2.45, 2.75) is 22.6 Å². The fourth-order valence-corrected chi connectivity index (χ4v) is 11.6. The highest BCUT2D eigenvalue weighted by Gasteiger charge is 2.27. The normalized spacial score (nSPS) is 14.0. The Morgan fingerprint density at radius 3 is 1.34 bits per heavy atom. The van der Waals surface area contributed by atoms with Crippen molar-refractivity contribution >= 4 is 107 Å². The average Bonchev–Trinajstić information content (AvgIpc) is 3.41. The van der Waals surface area contributed by atoms with E-state index in [2.05, 4.69) is 58.6 Å². The van der Waals surface area contributed by atoms with Gasteiger partial charge < -0.3 is 30.1 Å². The number of carbonyl (C=O) groups excluding carboxylic acids is 2. The van der Waals surface area contributed by atoms with Gasteiger partial charge in [-0.1, -0.05) is 70.7 Å². The Morgan fingerprint density at radius 1 is 0.575 bits per heavy atom. The number of rotatable bonds is 17. The van der Waals surface area contributed by atoms with Crippen LogP contribution in [-0.2, 0) is 40.8 Å². The van der Waals surface area contributed by atoms with E-state index < -0.39 is 20.0 Å². The van der Waals surface area contributed by atoms with Gasteiger partial charge in [-0.15, -0.1) is 0 Å². The summed E-state index contributed by atoms with van der Waals surface area (Å²) in [5.74, 6) is -0.0343. The second kappa shape index (κ2) is 27.0. The van der Waals surface area contributed by atoms with Crippen LogP contribution in [0.2, 0.25) is 20.1 Å². The molecule has 4 aromatic carbocycles. The van der Waals surface area contributed by atoms with Crippen LogP contribution < -0.4 is 25.3 Å². The van der Waals surface area contributed by atoms with Crippen LogP contribution in [0.1, 0.15) is 12.0 Å². The van der Waals surface area contributed by atoms with Crippen LogP contribution in [0.3, 0.4) is 0 Å². The number of hydrogen-bond acceptors (Lipinski definition) is 14. The number of halogens is 4. The van der Waals surface area contributed by atoms with Crippen LogP contribution in [0.15, 0.2) is 144 Å². The van der Waals surface area contributed by atoms with E-state index in [1.165, 1.54) is 67.6 Å². The lowest BCUT2D eigenvalue weighted by Crippen LogP contribution is -2.46. The first-order valence-corrected chi connectivity index (χ1v) is 27.5. The molecule has 22 heteroatoms. The summed E-state index contributed by atoms with van der Waals surface area (Å²) < 4.78 is 56.5. The number of benzene rings is 4. The molecule has 16 nitrogen and oxygen atoms in total. The molecule has 0 saturated carbocycles. The summed E-state index contributed by atoms with van der Waals surface area (Å²) in [6.45, 7) is 8.15. The van der Waals surface area contributed by atoms with Crippen LogP contribution in [0.5, 0.6) is 0 Å². The van der Waals surface area contributed by atoms with Gasteiger partial charge in [0.1, 0.15) is 22.2 Å². The van der Waals surface area contributed by atoms with Crippen LogP contribution in [0.25, 0.3) is 0 Å². The van der Waals surface area contributed by atoms with E-state index in [1.54, 1.807) is 0 Å². The molecule has 0 atom stereocenters. The zero-order chi connectivity index (χ0) is 52.5. The topological polar surface area (TPSA) is 183 Å². The van der Waals surface area contributed by atoms with Gasteiger partial charge in [-0.05, 0) is 90.5 Å². The Balaban J connectivity index is 0.000000197. The predicted octanol–water partition coefficient (Wildman–Crippen LogP) is 8.31. The van der Waals surface area contributed by atoms with Gasteiger partial charge in [0.25, 0.3) is 6.47 Å². The number of aromatic nitrogens is 2. The zero-order valence-corrected chi connectivity index (χ0v) is 45.0. The molecular weight excluding hydrogens is 1060 g/mol. The van der Waals surface area contributed by atoms with E-state index in [-0.39, 0.29) is 74.7 Å². The number of anilines is 5. The molecule has 0 aliphatic carbocycles. The number of nitrogens with two attached hydrogens (primary N) is 1. The molecular formula is C51H57Cl4N9O7S2. The lowest BCUT2D eigenvalue weighted by molar-refractivity contribution is -0.128. The summed E-state index contributed by atoms with van der Waals surface area (Å²) in [6.07, 6.45) is 7.68. The van der Waals surface area contributed by atoms with Crippen LogP contribution >= 0.6 is 46.4 Å². The van der Waals surface area contributed by atoms with Crippen molar-refractivity contribution in [1.82, 2.24) is 18.6 Å². The minimum absolute atomic E-state index is 0.0174. The molecule has 73 heavy (non-hydrogen) atoms. The molecule has 2 aromatic heterocycles. The first-order chi connectivity index (χ1) is 35.0.